The summed E-state index contributed by atoms with van der Waals surface area (Å²) in [5, 5.41) is 29.3. The summed E-state index contributed by atoms with van der Waals surface area (Å²) in [6, 6.07) is 4.94. The minimum absolute atomic E-state index is 0.0673. The minimum atomic E-state index is -1.03. The molecule has 1 unspecified atom stereocenters. The lowest BCUT2D eigenvalue weighted by molar-refractivity contribution is 0.0537. The van der Waals surface area contributed by atoms with Crippen LogP contribution in [0.3, 0.4) is 0 Å². The van der Waals surface area contributed by atoms with Crippen LogP contribution in [0.2, 0.25) is 0 Å². The van der Waals surface area contributed by atoms with Crippen molar-refractivity contribution in [3.63, 3.8) is 0 Å². The van der Waals surface area contributed by atoms with Crippen molar-refractivity contribution in [1.29, 1.82) is 0 Å². The van der Waals surface area contributed by atoms with E-state index in [9.17, 15) is 15.0 Å². The van der Waals surface area contributed by atoms with Gasteiger partial charge in [-0.1, -0.05) is 57.9 Å². The van der Waals surface area contributed by atoms with Crippen LogP contribution in [0.4, 0.5) is 0 Å². The van der Waals surface area contributed by atoms with E-state index in [1.807, 2.05) is 0 Å². The van der Waals surface area contributed by atoms with Crippen LogP contribution in [0.1, 0.15) is 63.9 Å². The van der Waals surface area contributed by atoms with Crippen molar-refractivity contribution >= 4 is 11.0 Å². The highest BCUT2D eigenvalue weighted by atomic mass is 16.5. The third kappa shape index (κ3) is 6.24. The molecule has 1 heterocycles. The first-order valence-corrected chi connectivity index (χ1v) is 10.3. The number of benzene rings is 1. The second-order valence-corrected chi connectivity index (χ2v) is 7.22. The van der Waals surface area contributed by atoms with Gasteiger partial charge in [0.05, 0.1) is 17.6 Å². The van der Waals surface area contributed by atoms with Gasteiger partial charge < -0.3 is 24.5 Å². The maximum atomic E-state index is 12.4. The SMILES string of the molecule is CCCCCCCCCCc1c(O)c2cccc(OCC(O)CO)c2oc1=O. The number of aliphatic hydroxyl groups excluding tert-OH is 2. The Labute approximate surface area is 165 Å². The Hall–Kier alpha value is -2.05. The molecule has 2 aromatic rings. The van der Waals surface area contributed by atoms with Crippen molar-refractivity contribution in [3.05, 3.63) is 34.2 Å². The summed E-state index contributed by atoms with van der Waals surface area (Å²) in [6.07, 6.45) is 8.71. The summed E-state index contributed by atoms with van der Waals surface area (Å²) in [6.45, 7) is 1.64. The van der Waals surface area contributed by atoms with Crippen LogP contribution in [0.5, 0.6) is 11.5 Å². The Balaban J connectivity index is 2.01. The zero-order valence-electron chi connectivity index (χ0n) is 16.7. The van der Waals surface area contributed by atoms with Crippen LogP contribution < -0.4 is 10.4 Å². The molecule has 0 saturated carbocycles. The van der Waals surface area contributed by atoms with E-state index in [4.69, 9.17) is 14.3 Å². The highest BCUT2D eigenvalue weighted by Crippen LogP contribution is 2.33. The maximum absolute atomic E-state index is 12.4. The number of para-hydroxylation sites is 1. The summed E-state index contributed by atoms with van der Waals surface area (Å²) in [7, 11) is 0. The average Bonchev–Trinajstić information content (AvgIpc) is 2.70. The van der Waals surface area contributed by atoms with Crippen molar-refractivity contribution in [3.8, 4) is 11.5 Å². The molecule has 1 atom stereocenters. The van der Waals surface area contributed by atoms with E-state index < -0.39 is 18.3 Å². The van der Waals surface area contributed by atoms with Crippen LogP contribution in [0, 0.1) is 0 Å². The number of unbranched alkanes of at least 4 members (excludes halogenated alkanes) is 7. The molecule has 1 aromatic heterocycles. The van der Waals surface area contributed by atoms with E-state index in [1.165, 1.54) is 32.1 Å². The third-order valence-corrected chi connectivity index (χ3v) is 4.88. The molecule has 3 N–H and O–H groups in total. The monoisotopic (exact) mass is 392 g/mol. The van der Waals surface area contributed by atoms with E-state index in [-0.39, 0.29) is 23.7 Å². The molecular weight excluding hydrogens is 360 g/mol. The number of aromatic hydroxyl groups is 1. The molecule has 0 aliphatic heterocycles. The Morgan fingerprint density at radius 1 is 1.07 bits per heavy atom. The van der Waals surface area contributed by atoms with Crippen molar-refractivity contribution in [2.24, 2.45) is 0 Å². The van der Waals surface area contributed by atoms with Crippen molar-refractivity contribution in [1.82, 2.24) is 0 Å². The Morgan fingerprint density at radius 2 is 1.75 bits per heavy atom. The van der Waals surface area contributed by atoms with Gasteiger partial charge in [0.2, 0.25) is 0 Å². The molecule has 0 bridgehead atoms. The molecule has 28 heavy (non-hydrogen) atoms. The Kier molecular flexibility index (Phi) is 9.31. The molecule has 0 radical (unpaired) electrons. The van der Waals surface area contributed by atoms with E-state index >= 15 is 0 Å². The second kappa shape index (κ2) is 11.7. The van der Waals surface area contributed by atoms with Gasteiger partial charge in [0.15, 0.2) is 11.3 Å². The molecular formula is C22H32O6. The summed E-state index contributed by atoms with van der Waals surface area (Å²) >= 11 is 0. The number of ether oxygens (including phenoxy) is 1. The lowest BCUT2D eigenvalue weighted by Gasteiger charge is -2.12. The molecule has 0 aliphatic carbocycles. The van der Waals surface area contributed by atoms with Gasteiger partial charge in [0.1, 0.15) is 18.5 Å². The van der Waals surface area contributed by atoms with Crippen LogP contribution in [-0.4, -0.2) is 34.6 Å². The molecule has 0 aliphatic rings. The van der Waals surface area contributed by atoms with Crippen LogP contribution in [0.25, 0.3) is 11.0 Å². The Morgan fingerprint density at radius 3 is 2.43 bits per heavy atom. The predicted molar refractivity (Wildman–Crippen MR) is 109 cm³/mol. The lowest BCUT2D eigenvalue weighted by Crippen LogP contribution is -2.21. The summed E-state index contributed by atoms with van der Waals surface area (Å²) < 4.78 is 10.8. The van der Waals surface area contributed by atoms with E-state index in [1.54, 1.807) is 18.2 Å². The fraction of sp³-hybridized carbons (Fsp3) is 0.591. The molecule has 0 amide bonds. The van der Waals surface area contributed by atoms with E-state index in [0.29, 0.717) is 17.4 Å². The number of fused-ring (bicyclic) bond motifs is 1. The normalized spacial score (nSPS) is 12.4. The second-order valence-electron chi connectivity index (χ2n) is 7.22. The molecule has 156 valence electrons. The van der Waals surface area contributed by atoms with Crippen molar-refractivity contribution < 1.29 is 24.5 Å². The molecule has 0 fully saturated rings. The van der Waals surface area contributed by atoms with Gasteiger partial charge in [-0.05, 0) is 25.0 Å². The van der Waals surface area contributed by atoms with E-state index in [0.717, 1.165) is 19.3 Å². The smallest absolute Gasteiger partial charge is 0.343 e. The minimum Gasteiger partial charge on any atom is -0.507 e. The van der Waals surface area contributed by atoms with E-state index in [2.05, 4.69) is 6.92 Å². The van der Waals surface area contributed by atoms with Gasteiger partial charge >= 0.3 is 5.63 Å². The first kappa shape index (κ1) is 22.2. The quantitative estimate of drug-likeness (QED) is 0.353. The largest absolute Gasteiger partial charge is 0.507 e. The fourth-order valence-corrected chi connectivity index (χ4v) is 3.23. The standard InChI is InChI=1S/C22H32O6/c1-2-3-4-5-6-7-8-9-11-18-20(25)17-12-10-13-19(21(17)28-22(18)26)27-15-16(24)14-23/h10,12-13,16,23-25H,2-9,11,14-15H2,1H3. The molecule has 0 saturated heterocycles. The molecule has 1 aromatic carbocycles. The zero-order chi connectivity index (χ0) is 20.4. The molecule has 0 spiro atoms. The fourth-order valence-electron chi connectivity index (χ4n) is 3.23. The first-order valence-electron chi connectivity index (χ1n) is 10.3. The number of hydrogen-bond acceptors (Lipinski definition) is 6. The van der Waals surface area contributed by atoms with Crippen LogP contribution in [0.15, 0.2) is 27.4 Å². The highest BCUT2D eigenvalue weighted by molar-refractivity contribution is 5.88. The topological polar surface area (TPSA) is 100 Å². The van der Waals surface area contributed by atoms with Gasteiger partial charge in [0, 0.05) is 0 Å². The highest BCUT2D eigenvalue weighted by Gasteiger charge is 2.17. The van der Waals surface area contributed by atoms with Crippen LogP contribution >= 0.6 is 0 Å². The number of aliphatic hydroxyl groups is 2. The van der Waals surface area contributed by atoms with Crippen LogP contribution in [-0.2, 0) is 6.42 Å². The van der Waals surface area contributed by atoms with Gasteiger partial charge in [0.25, 0.3) is 0 Å². The van der Waals surface area contributed by atoms with Crippen molar-refractivity contribution in [2.75, 3.05) is 13.2 Å². The molecule has 6 heteroatoms. The Bertz CT molecular complexity index is 782. The maximum Gasteiger partial charge on any atom is 0.343 e. The third-order valence-electron chi connectivity index (χ3n) is 4.88. The number of hydrogen-bond donors (Lipinski definition) is 3. The zero-order valence-corrected chi connectivity index (χ0v) is 16.7. The van der Waals surface area contributed by atoms with Gasteiger partial charge in [-0.2, -0.15) is 0 Å². The molecule has 6 nitrogen and oxygen atoms in total. The lowest BCUT2D eigenvalue weighted by atomic mass is 10.0. The summed E-state index contributed by atoms with van der Waals surface area (Å²) in [5.74, 6) is 0.179. The first-order chi connectivity index (χ1) is 13.6. The van der Waals surface area contributed by atoms with Crippen molar-refractivity contribution in [2.45, 2.75) is 70.8 Å². The average molecular weight is 392 g/mol. The van der Waals surface area contributed by atoms with Gasteiger partial charge in [-0.25, -0.2) is 4.79 Å². The molecule has 2 rings (SSSR count). The predicted octanol–water partition coefficient (Wildman–Crippen LogP) is 3.91. The number of rotatable bonds is 13. The summed E-state index contributed by atoms with van der Waals surface area (Å²) in [5.41, 5.74) is -0.118. The van der Waals surface area contributed by atoms with Gasteiger partial charge in [-0.15, -0.1) is 0 Å². The summed E-state index contributed by atoms with van der Waals surface area (Å²) in [4.78, 5) is 12.4. The van der Waals surface area contributed by atoms with Gasteiger partial charge in [-0.3, -0.25) is 0 Å².